The summed E-state index contributed by atoms with van der Waals surface area (Å²) in [5.74, 6) is -1.42. The predicted molar refractivity (Wildman–Crippen MR) is 94.1 cm³/mol. The number of ether oxygens (including phenoxy) is 1. The second kappa shape index (κ2) is 5.78. The molecule has 2 N–H and O–H groups in total. The number of carbonyl (C=O) groups excluding carboxylic acids is 1. The van der Waals surface area contributed by atoms with Crippen molar-refractivity contribution >= 4 is 28.5 Å². The van der Waals surface area contributed by atoms with Crippen LogP contribution in [0.3, 0.4) is 0 Å². The topological polar surface area (TPSA) is 97.0 Å². The van der Waals surface area contributed by atoms with E-state index in [0.717, 1.165) is 0 Å². The van der Waals surface area contributed by atoms with Crippen molar-refractivity contribution in [3.05, 3.63) is 62.5 Å². The van der Waals surface area contributed by atoms with Gasteiger partial charge in [-0.1, -0.05) is 17.7 Å². The van der Waals surface area contributed by atoms with Gasteiger partial charge >= 0.3 is 11.6 Å². The van der Waals surface area contributed by atoms with Crippen LogP contribution in [0.2, 0.25) is 5.02 Å². The molecule has 132 valence electrons. The molecule has 0 radical (unpaired) electrons. The van der Waals surface area contributed by atoms with Gasteiger partial charge in [-0.15, -0.1) is 0 Å². The van der Waals surface area contributed by atoms with E-state index in [-0.39, 0.29) is 34.3 Å². The van der Waals surface area contributed by atoms with Gasteiger partial charge in [-0.2, -0.15) is 0 Å². The van der Waals surface area contributed by atoms with Crippen molar-refractivity contribution in [3.8, 4) is 17.2 Å². The summed E-state index contributed by atoms with van der Waals surface area (Å²) >= 11 is 6.01. The third-order valence-corrected chi connectivity index (χ3v) is 4.82. The van der Waals surface area contributed by atoms with Gasteiger partial charge in [0, 0.05) is 17.4 Å². The zero-order valence-corrected chi connectivity index (χ0v) is 14.3. The third kappa shape index (κ3) is 2.50. The van der Waals surface area contributed by atoms with Crippen LogP contribution in [0.25, 0.3) is 11.0 Å². The Balaban J connectivity index is 2.08. The highest BCUT2D eigenvalue weighted by Crippen LogP contribution is 2.48. The Bertz CT molecular complexity index is 1130. The third-order valence-electron chi connectivity index (χ3n) is 4.52. The lowest BCUT2D eigenvalue weighted by molar-refractivity contribution is -0.135. The first-order chi connectivity index (χ1) is 12.3. The molecule has 0 amide bonds. The monoisotopic (exact) mass is 372 g/mol. The number of aryl methyl sites for hydroxylation is 1. The molecule has 2 aromatic carbocycles. The summed E-state index contributed by atoms with van der Waals surface area (Å²) < 4.78 is 10.6. The van der Waals surface area contributed by atoms with E-state index in [0.29, 0.717) is 22.1 Å². The summed E-state index contributed by atoms with van der Waals surface area (Å²) in [6.45, 7) is 1.73. The lowest BCUT2D eigenvalue weighted by Crippen LogP contribution is -2.22. The minimum absolute atomic E-state index is 0.0235. The molecular formula is C19H13ClO6. The maximum atomic E-state index is 12.1. The molecule has 0 saturated heterocycles. The fourth-order valence-electron chi connectivity index (χ4n) is 3.31. The van der Waals surface area contributed by atoms with Crippen molar-refractivity contribution in [1.82, 2.24) is 0 Å². The van der Waals surface area contributed by atoms with Crippen LogP contribution in [0.1, 0.15) is 29.0 Å². The normalized spacial score (nSPS) is 16.4. The van der Waals surface area contributed by atoms with Crippen LogP contribution >= 0.6 is 11.6 Å². The number of phenolic OH excluding ortho intramolecular Hbond substituents is 2. The summed E-state index contributed by atoms with van der Waals surface area (Å²) in [6.07, 6.45) is -0.0235. The van der Waals surface area contributed by atoms with Crippen molar-refractivity contribution in [2.24, 2.45) is 0 Å². The first-order valence-corrected chi connectivity index (χ1v) is 8.22. The number of aromatic hydroxyl groups is 2. The largest absolute Gasteiger partial charge is 0.506 e. The van der Waals surface area contributed by atoms with E-state index in [4.69, 9.17) is 20.8 Å². The molecule has 0 saturated carbocycles. The van der Waals surface area contributed by atoms with Crippen molar-refractivity contribution in [1.29, 1.82) is 0 Å². The van der Waals surface area contributed by atoms with E-state index in [1.165, 1.54) is 24.3 Å². The van der Waals surface area contributed by atoms with Gasteiger partial charge in [0.2, 0.25) is 0 Å². The van der Waals surface area contributed by atoms with Crippen molar-refractivity contribution < 1.29 is 24.2 Å². The zero-order chi connectivity index (χ0) is 18.6. The number of hydrogen-bond acceptors (Lipinski definition) is 6. The molecular weight excluding hydrogens is 360 g/mol. The van der Waals surface area contributed by atoms with Crippen LogP contribution in [0.4, 0.5) is 0 Å². The summed E-state index contributed by atoms with van der Waals surface area (Å²) in [5.41, 5.74) is 1.38. The van der Waals surface area contributed by atoms with Crippen LogP contribution in [0.5, 0.6) is 17.2 Å². The van der Waals surface area contributed by atoms with E-state index in [1.807, 2.05) is 0 Å². The fourth-order valence-corrected chi connectivity index (χ4v) is 3.50. The molecule has 7 heteroatoms. The number of halogens is 1. The Morgan fingerprint density at radius 2 is 1.88 bits per heavy atom. The second-order valence-electron chi connectivity index (χ2n) is 6.21. The quantitative estimate of drug-likeness (QED) is 0.385. The van der Waals surface area contributed by atoms with E-state index in [2.05, 4.69) is 0 Å². The minimum Gasteiger partial charge on any atom is -0.506 e. The molecule has 6 nitrogen and oxygen atoms in total. The number of rotatable bonds is 1. The van der Waals surface area contributed by atoms with Crippen LogP contribution in [-0.4, -0.2) is 16.2 Å². The Labute approximate surface area is 152 Å². The van der Waals surface area contributed by atoms with Gasteiger partial charge in [-0.25, -0.2) is 4.79 Å². The fraction of sp³-hybridized carbons (Fsp3) is 0.158. The van der Waals surface area contributed by atoms with E-state index < -0.39 is 17.5 Å². The first kappa shape index (κ1) is 16.5. The van der Waals surface area contributed by atoms with Crippen molar-refractivity contribution in [3.63, 3.8) is 0 Å². The first-order valence-electron chi connectivity index (χ1n) is 7.84. The molecule has 1 aliphatic rings. The van der Waals surface area contributed by atoms with Gasteiger partial charge in [0.15, 0.2) is 11.5 Å². The molecule has 0 aliphatic carbocycles. The molecule has 3 aromatic rings. The van der Waals surface area contributed by atoms with Crippen LogP contribution in [0, 0.1) is 6.92 Å². The molecule has 26 heavy (non-hydrogen) atoms. The molecule has 0 bridgehead atoms. The van der Waals surface area contributed by atoms with Gasteiger partial charge in [-0.3, -0.25) is 4.79 Å². The van der Waals surface area contributed by atoms with E-state index in [9.17, 15) is 19.8 Å². The standard InChI is InChI=1S/C19H13ClO6/c1-8-4-15(23)25-18-10(8)6-14(22)19-17(18)11(7-16(24)26-19)9-2-3-13(21)12(20)5-9/h2-6,11,21-22H,7H2,1H3. The van der Waals surface area contributed by atoms with Gasteiger partial charge in [0.25, 0.3) is 0 Å². The Morgan fingerprint density at radius 1 is 1.12 bits per heavy atom. The highest BCUT2D eigenvalue weighted by Gasteiger charge is 2.34. The highest BCUT2D eigenvalue weighted by molar-refractivity contribution is 6.32. The number of fused-ring (bicyclic) bond motifs is 3. The molecule has 1 aromatic heterocycles. The average molecular weight is 373 g/mol. The maximum Gasteiger partial charge on any atom is 0.336 e. The second-order valence-corrected chi connectivity index (χ2v) is 6.61. The molecule has 0 spiro atoms. The van der Waals surface area contributed by atoms with Crippen LogP contribution in [0.15, 0.2) is 39.5 Å². The lowest BCUT2D eigenvalue weighted by atomic mass is 9.84. The van der Waals surface area contributed by atoms with Gasteiger partial charge in [0.05, 0.1) is 17.0 Å². The van der Waals surface area contributed by atoms with E-state index >= 15 is 0 Å². The Kier molecular flexibility index (Phi) is 3.66. The van der Waals surface area contributed by atoms with Gasteiger partial charge < -0.3 is 19.4 Å². The molecule has 2 heterocycles. The van der Waals surface area contributed by atoms with Crippen molar-refractivity contribution in [2.75, 3.05) is 0 Å². The highest BCUT2D eigenvalue weighted by atomic mass is 35.5. The summed E-state index contributed by atoms with van der Waals surface area (Å²) in [5, 5.41) is 20.7. The van der Waals surface area contributed by atoms with Crippen LogP contribution < -0.4 is 10.4 Å². The summed E-state index contributed by atoms with van der Waals surface area (Å²) in [7, 11) is 0. The predicted octanol–water partition coefficient (Wildman–Crippen LogP) is 3.61. The lowest BCUT2D eigenvalue weighted by Gasteiger charge is -2.26. The Morgan fingerprint density at radius 3 is 2.62 bits per heavy atom. The summed E-state index contributed by atoms with van der Waals surface area (Å²) in [6, 6.07) is 7.32. The number of benzene rings is 2. The molecule has 4 rings (SSSR count). The maximum absolute atomic E-state index is 12.1. The number of esters is 1. The Hall–Kier alpha value is -2.99. The summed E-state index contributed by atoms with van der Waals surface area (Å²) in [4.78, 5) is 24.0. The molecule has 1 aliphatic heterocycles. The smallest absolute Gasteiger partial charge is 0.336 e. The van der Waals surface area contributed by atoms with Crippen LogP contribution in [-0.2, 0) is 4.79 Å². The zero-order valence-electron chi connectivity index (χ0n) is 13.6. The minimum atomic E-state index is -0.552. The SMILES string of the molecule is Cc1cc(=O)oc2c3c(c(O)cc12)OC(=O)CC3c1ccc(O)c(Cl)c1. The molecule has 1 atom stereocenters. The number of hydrogen-bond donors (Lipinski definition) is 2. The number of phenols is 2. The van der Waals surface area contributed by atoms with Gasteiger partial charge in [-0.05, 0) is 36.2 Å². The average Bonchev–Trinajstić information content (AvgIpc) is 2.58. The van der Waals surface area contributed by atoms with Crippen molar-refractivity contribution in [2.45, 2.75) is 19.3 Å². The van der Waals surface area contributed by atoms with E-state index in [1.54, 1.807) is 13.0 Å². The molecule has 1 unspecified atom stereocenters. The number of carbonyl (C=O) groups is 1. The molecule has 0 fully saturated rings. The van der Waals surface area contributed by atoms with Gasteiger partial charge in [0.1, 0.15) is 11.3 Å².